The number of hydrogen-bond acceptors (Lipinski definition) is 4. The van der Waals surface area contributed by atoms with Gasteiger partial charge in [0.05, 0.1) is 0 Å². The maximum Gasteiger partial charge on any atom is 0.259 e. The second-order valence-electron chi connectivity index (χ2n) is 10.0. The van der Waals surface area contributed by atoms with Crippen LogP contribution in [0.1, 0.15) is 92.6 Å². The van der Waals surface area contributed by atoms with Gasteiger partial charge in [-0.15, -0.1) is 0 Å². The molecule has 0 spiro atoms. The Morgan fingerprint density at radius 1 is 0.969 bits per heavy atom. The number of rotatable bonds is 6. The number of nitrogens with one attached hydrogen (secondary N) is 1. The molecule has 3 aliphatic carbocycles. The second-order valence-corrected chi connectivity index (χ2v) is 10.0. The molecule has 1 amide bonds. The van der Waals surface area contributed by atoms with Gasteiger partial charge in [0.1, 0.15) is 5.82 Å². The maximum absolute atomic E-state index is 13.8. The van der Waals surface area contributed by atoms with E-state index in [4.69, 9.17) is 4.98 Å². The third-order valence-corrected chi connectivity index (χ3v) is 7.86. The maximum atomic E-state index is 13.8. The summed E-state index contributed by atoms with van der Waals surface area (Å²) in [6, 6.07) is 8.76. The number of aryl methyl sites for hydroxylation is 2. The molecule has 170 valence electrons. The van der Waals surface area contributed by atoms with E-state index in [1.54, 1.807) is 6.20 Å². The van der Waals surface area contributed by atoms with Crippen molar-refractivity contribution in [2.45, 2.75) is 96.1 Å². The molecule has 1 N–H and O–H groups in total. The Kier molecular flexibility index (Phi) is 6.42. The lowest BCUT2D eigenvalue weighted by atomic mass is 9.85. The van der Waals surface area contributed by atoms with Gasteiger partial charge in [0.25, 0.3) is 5.91 Å². The minimum atomic E-state index is 0.0802. The van der Waals surface area contributed by atoms with Crippen molar-refractivity contribution in [2.75, 3.05) is 10.2 Å². The van der Waals surface area contributed by atoms with Gasteiger partial charge in [-0.3, -0.25) is 9.69 Å². The molecule has 2 fully saturated rings. The van der Waals surface area contributed by atoms with Crippen LogP contribution in [-0.2, 0) is 12.8 Å². The summed E-state index contributed by atoms with van der Waals surface area (Å²) in [7, 11) is 0. The van der Waals surface area contributed by atoms with Crippen LogP contribution in [0.4, 0.5) is 11.8 Å². The van der Waals surface area contributed by atoms with Crippen LogP contribution >= 0.6 is 0 Å². The molecule has 2 saturated carbocycles. The standard InChI is InChI=1S/C27H36N4O/c1-19(20-8-3-2-4-9-20)29-27-28-17-16-25(30-27)31(24-12-5-6-13-24)26(32)23-15-14-21-10-7-11-22(21)18-23/h14-20,24H,2-13H2,1H3,(H,28,29,30)/t19-/m0/s1. The van der Waals surface area contributed by atoms with Crippen molar-refractivity contribution in [2.24, 2.45) is 5.92 Å². The zero-order valence-corrected chi connectivity index (χ0v) is 19.4. The fourth-order valence-electron chi connectivity index (χ4n) is 5.97. The largest absolute Gasteiger partial charge is 0.351 e. The highest BCUT2D eigenvalue weighted by Gasteiger charge is 2.31. The molecule has 3 aliphatic rings. The zero-order valence-electron chi connectivity index (χ0n) is 19.4. The summed E-state index contributed by atoms with van der Waals surface area (Å²) >= 11 is 0. The number of anilines is 2. The molecule has 1 aromatic heterocycles. The predicted molar refractivity (Wildman–Crippen MR) is 129 cm³/mol. The van der Waals surface area contributed by atoms with Gasteiger partial charge >= 0.3 is 0 Å². The molecular weight excluding hydrogens is 396 g/mol. The summed E-state index contributed by atoms with van der Waals surface area (Å²) in [5.41, 5.74) is 3.54. The van der Waals surface area contributed by atoms with Crippen LogP contribution in [0.2, 0.25) is 0 Å². The molecule has 1 atom stereocenters. The third-order valence-electron chi connectivity index (χ3n) is 7.86. The molecule has 0 radical (unpaired) electrons. The lowest BCUT2D eigenvalue weighted by molar-refractivity contribution is 0.0976. The van der Waals surface area contributed by atoms with Crippen LogP contribution in [0.5, 0.6) is 0 Å². The topological polar surface area (TPSA) is 58.1 Å². The van der Waals surface area contributed by atoms with Crippen molar-refractivity contribution in [1.82, 2.24) is 9.97 Å². The van der Waals surface area contributed by atoms with Gasteiger partial charge in [-0.2, -0.15) is 4.98 Å². The molecule has 1 heterocycles. The Bertz CT molecular complexity index is 946. The number of carbonyl (C=O) groups is 1. The number of nitrogens with zero attached hydrogens (tertiary/aromatic N) is 3. The Morgan fingerprint density at radius 2 is 1.72 bits per heavy atom. The molecule has 5 rings (SSSR count). The van der Waals surface area contributed by atoms with Gasteiger partial charge < -0.3 is 5.32 Å². The molecule has 0 saturated heterocycles. The van der Waals surface area contributed by atoms with Crippen molar-refractivity contribution in [3.8, 4) is 0 Å². The minimum absolute atomic E-state index is 0.0802. The average molecular weight is 433 g/mol. The minimum Gasteiger partial charge on any atom is -0.351 e. The number of carbonyl (C=O) groups excluding carboxylic acids is 1. The Morgan fingerprint density at radius 3 is 2.53 bits per heavy atom. The number of fused-ring (bicyclic) bond motifs is 1. The summed E-state index contributed by atoms with van der Waals surface area (Å²) in [4.78, 5) is 25.1. The Hall–Kier alpha value is -2.43. The normalized spacial score (nSPS) is 20.2. The van der Waals surface area contributed by atoms with Crippen molar-refractivity contribution >= 4 is 17.7 Å². The Labute approximate surface area is 192 Å². The molecule has 5 heteroatoms. The number of amides is 1. The lowest BCUT2D eigenvalue weighted by Crippen LogP contribution is -2.40. The average Bonchev–Trinajstić information content (AvgIpc) is 3.52. The molecular formula is C27H36N4O. The number of benzene rings is 1. The van der Waals surface area contributed by atoms with Crippen molar-refractivity contribution in [3.05, 3.63) is 47.2 Å². The molecule has 1 aromatic carbocycles. The molecule has 0 bridgehead atoms. The van der Waals surface area contributed by atoms with Crippen LogP contribution in [-0.4, -0.2) is 28.0 Å². The van der Waals surface area contributed by atoms with E-state index in [1.165, 1.54) is 62.5 Å². The van der Waals surface area contributed by atoms with Gasteiger partial charge in [-0.05, 0) is 87.1 Å². The van der Waals surface area contributed by atoms with E-state index in [1.807, 2.05) is 17.0 Å². The van der Waals surface area contributed by atoms with Gasteiger partial charge in [0.15, 0.2) is 0 Å². The summed E-state index contributed by atoms with van der Waals surface area (Å²) < 4.78 is 0. The van der Waals surface area contributed by atoms with E-state index in [2.05, 4.69) is 29.4 Å². The second kappa shape index (κ2) is 9.60. The lowest BCUT2D eigenvalue weighted by Gasteiger charge is -2.30. The first-order valence-electron chi connectivity index (χ1n) is 12.7. The monoisotopic (exact) mass is 432 g/mol. The van der Waals surface area contributed by atoms with Gasteiger partial charge in [0, 0.05) is 23.8 Å². The smallest absolute Gasteiger partial charge is 0.259 e. The summed E-state index contributed by atoms with van der Waals surface area (Å²) in [5.74, 6) is 2.13. The molecule has 5 nitrogen and oxygen atoms in total. The highest BCUT2D eigenvalue weighted by Crippen LogP contribution is 2.31. The number of hydrogen-bond donors (Lipinski definition) is 1. The van der Waals surface area contributed by atoms with Crippen molar-refractivity contribution in [1.29, 1.82) is 0 Å². The van der Waals surface area contributed by atoms with E-state index >= 15 is 0 Å². The van der Waals surface area contributed by atoms with Crippen molar-refractivity contribution in [3.63, 3.8) is 0 Å². The highest BCUT2D eigenvalue weighted by atomic mass is 16.2. The van der Waals surface area contributed by atoms with Crippen LogP contribution in [0.15, 0.2) is 30.5 Å². The molecule has 32 heavy (non-hydrogen) atoms. The van der Waals surface area contributed by atoms with E-state index in [0.717, 1.165) is 37.1 Å². The van der Waals surface area contributed by atoms with Crippen LogP contribution in [0.25, 0.3) is 0 Å². The fourth-order valence-corrected chi connectivity index (χ4v) is 5.97. The molecule has 0 unspecified atom stereocenters. The zero-order chi connectivity index (χ0) is 21.9. The third kappa shape index (κ3) is 4.53. The van der Waals surface area contributed by atoms with Gasteiger partial charge in [0.2, 0.25) is 5.95 Å². The summed E-state index contributed by atoms with van der Waals surface area (Å²) in [6.45, 7) is 2.25. The first kappa shape index (κ1) is 21.4. The van der Waals surface area contributed by atoms with Crippen LogP contribution in [0.3, 0.4) is 0 Å². The number of aromatic nitrogens is 2. The van der Waals surface area contributed by atoms with Crippen LogP contribution in [0, 0.1) is 5.92 Å². The first-order valence-corrected chi connectivity index (χ1v) is 12.7. The van der Waals surface area contributed by atoms with E-state index in [0.29, 0.717) is 17.9 Å². The first-order chi connectivity index (χ1) is 15.7. The van der Waals surface area contributed by atoms with Crippen LogP contribution < -0.4 is 10.2 Å². The van der Waals surface area contributed by atoms with E-state index in [9.17, 15) is 4.79 Å². The summed E-state index contributed by atoms with van der Waals surface area (Å²) in [5, 5.41) is 3.55. The quantitative estimate of drug-likeness (QED) is 0.614. The van der Waals surface area contributed by atoms with Crippen molar-refractivity contribution < 1.29 is 4.79 Å². The highest BCUT2D eigenvalue weighted by molar-refractivity contribution is 6.06. The van der Waals surface area contributed by atoms with E-state index < -0.39 is 0 Å². The summed E-state index contributed by atoms with van der Waals surface area (Å²) in [6.07, 6.45) is 16.2. The Balaban J connectivity index is 1.39. The van der Waals surface area contributed by atoms with E-state index in [-0.39, 0.29) is 11.9 Å². The fraction of sp³-hybridized carbons (Fsp3) is 0.593. The molecule has 0 aliphatic heterocycles. The van der Waals surface area contributed by atoms with Gasteiger partial charge in [-0.25, -0.2) is 4.98 Å². The predicted octanol–water partition coefficient (Wildman–Crippen LogP) is 5.94. The SMILES string of the molecule is C[C@H](Nc1nccc(N(C(=O)c2ccc3c(c2)CCC3)C2CCCC2)n1)C1CCCCC1. The molecule has 2 aromatic rings. The van der Waals surface area contributed by atoms with Gasteiger partial charge in [-0.1, -0.05) is 38.2 Å².